The van der Waals surface area contributed by atoms with Crippen molar-refractivity contribution >= 4 is 17.7 Å². The molecule has 0 unspecified atom stereocenters. The second kappa shape index (κ2) is 8.11. The molecule has 0 spiro atoms. The number of nitrogens with one attached hydrogen (secondary N) is 1. The Morgan fingerprint density at radius 1 is 1.25 bits per heavy atom. The van der Waals surface area contributed by atoms with Gasteiger partial charge in [0.1, 0.15) is 0 Å². The SMILES string of the molecule is CC1(C)Cc2ccccc2-c2nnc(SCC(=O)NCCC3=CCCCC3)n21. The fourth-order valence-electron chi connectivity index (χ4n) is 4.20. The Labute approximate surface area is 171 Å². The van der Waals surface area contributed by atoms with Gasteiger partial charge in [-0.2, -0.15) is 0 Å². The van der Waals surface area contributed by atoms with Gasteiger partial charge in [-0.05, 0) is 57.9 Å². The number of hydrogen-bond acceptors (Lipinski definition) is 4. The average molecular weight is 397 g/mol. The van der Waals surface area contributed by atoms with E-state index >= 15 is 0 Å². The lowest BCUT2D eigenvalue weighted by atomic mass is 9.87. The summed E-state index contributed by atoms with van der Waals surface area (Å²) >= 11 is 1.48. The largest absolute Gasteiger partial charge is 0.355 e. The van der Waals surface area contributed by atoms with Gasteiger partial charge in [-0.25, -0.2) is 0 Å². The highest BCUT2D eigenvalue weighted by Gasteiger charge is 2.34. The Bertz CT molecular complexity index is 900. The van der Waals surface area contributed by atoms with Crippen LogP contribution in [0.1, 0.15) is 51.5 Å². The zero-order valence-corrected chi connectivity index (χ0v) is 17.5. The number of carbonyl (C=O) groups excluding carboxylic acids is 1. The number of rotatable bonds is 6. The first-order valence-electron chi connectivity index (χ1n) is 10.2. The van der Waals surface area contributed by atoms with Crippen LogP contribution in [-0.4, -0.2) is 33.0 Å². The van der Waals surface area contributed by atoms with Gasteiger partial charge in [0.15, 0.2) is 11.0 Å². The molecule has 1 N–H and O–H groups in total. The Balaban J connectivity index is 1.38. The number of thioether (sulfide) groups is 1. The molecule has 28 heavy (non-hydrogen) atoms. The predicted octanol–water partition coefficient (Wildman–Crippen LogP) is 4.34. The van der Waals surface area contributed by atoms with Gasteiger partial charge in [-0.3, -0.25) is 9.36 Å². The van der Waals surface area contributed by atoms with E-state index in [1.165, 1.54) is 48.6 Å². The normalized spacial score (nSPS) is 17.4. The van der Waals surface area contributed by atoms with Gasteiger partial charge in [-0.15, -0.1) is 10.2 Å². The van der Waals surface area contributed by atoms with Crippen molar-refractivity contribution < 1.29 is 4.79 Å². The topological polar surface area (TPSA) is 59.8 Å². The molecule has 148 valence electrons. The van der Waals surface area contributed by atoms with Crippen LogP contribution in [0.5, 0.6) is 0 Å². The van der Waals surface area contributed by atoms with Crippen LogP contribution in [0.3, 0.4) is 0 Å². The highest BCUT2D eigenvalue weighted by atomic mass is 32.2. The molecule has 0 radical (unpaired) electrons. The monoisotopic (exact) mass is 396 g/mol. The fraction of sp³-hybridized carbons (Fsp3) is 0.500. The first kappa shape index (κ1) is 19.2. The van der Waals surface area contributed by atoms with Crippen molar-refractivity contribution in [1.29, 1.82) is 0 Å². The minimum absolute atomic E-state index is 0.0628. The van der Waals surface area contributed by atoms with Gasteiger partial charge >= 0.3 is 0 Å². The molecule has 2 aromatic rings. The summed E-state index contributed by atoms with van der Waals surface area (Å²) in [5.74, 6) is 1.33. The van der Waals surface area contributed by atoms with Gasteiger partial charge in [0.25, 0.3) is 0 Å². The van der Waals surface area contributed by atoms with Crippen molar-refractivity contribution in [2.75, 3.05) is 12.3 Å². The van der Waals surface area contributed by atoms with Crippen LogP contribution in [0.15, 0.2) is 41.1 Å². The van der Waals surface area contributed by atoms with Crippen molar-refractivity contribution in [1.82, 2.24) is 20.1 Å². The summed E-state index contributed by atoms with van der Waals surface area (Å²) in [6, 6.07) is 8.38. The molecule has 2 aliphatic rings. The van der Waals surface area contributed by atoms with E-state index in [-0.39, 0.29) is 11.4 Å². The Morgan fingerprint density at radius 2 is 2.11 bits per heavy atom. The standard InChI is InChI=1S/C22H28N4OS/c1-22(2)14-17-10-6-7-11-18(17)20-24-25-21(26(20)22)28-15-19(27)23-13-12-16-8-4-3-5-9-16/h6-8,10-11H,3-5,9,12-15H2,1-2H3,(H,23,27). The molecule has 4 rings (SSSR count). The van der Waals surface area contributed by atoms with E-state index in [9.17, 15) is 4.79 Å². The van der Waals surface area contributed by atoms with E-state index in [1.807, 2.05) is 6.07 Å². The molecule has 1 aliphatic heterocycles. The highest BCUT2D eigenvalue weighted by molar-refractivity contribution is 7.99. The molecular weight excluding hydrogens is 368 g/mol. The molecule has 1 aliphatic carbocycles. The van der Waals surface area contributed by atoms with E-state index in [1.54, 1.807) is 0 Å². The number of aromatic nitrogens is 3. The fourth-order valence-corrected chi connectivity index (χ4v) is 5.12. The van der Waals surface area contributed by atoms with Crippen molar-refractivity contribution in [2.45, 2.75) is 63.1 Å². The van der Waals surface area contributed by atoms with Crippen LogP contribution >= 0.6 is 11.8 Å². The average Bonchev–Trinajstić information content (AvgIpc) is 3.13. The number of benzene rings is 1. The van der Waals surface area contributed by atoms with Crippen LogP contribution in [-0.2, 0) is 16.8 Å². The van der Waals surface area contributed by atoms with Crippen LogP contribution in [0, 0.1) is 0 Å². The Morgan fingerprint density at radius 3 is 2.93 bits per heavy atom. The molecule has 0 saturated heterocycles. The van der Waals surface area contributed by atoms with Crippen LogP contribution in [0.2, 0.25) is 0 Å². The van der Waals surface area contributed by atoms with E-state index < -0.39 is 0 Å². The molecule has 0 atom stereocenters. The smallest absolute Gasteiger partial charge is 0.230 e. The van der Waals surface area contributed by atoms with E-state index in [0.29, 0.717) is 5.75 Å². The molecule has 1 aromatic heterocycles. The summed E-state index contributed by atoms with van der Waals surface area (Å²) in [4.78, 5) is 12.3. The third-order valence-electron chi connectivity index (χ3n) is 5.61. The lowest BCUT2D eigenvalue weighted by Gasteiger charge is -2.34. The second-order valence-corrected chi connectivity index (χ2v) is 9.23. The van der Waals surface area contributed by atoms with E-state index in [2.05, 4.69) is 58.2 Å². The molecule has 1 aromatic carbocycles. The molecule has 0 saturated carbocycles. The van der Waals surface area contributed by atoms with E-state index in [0.717, 1.165) is 35.9 Å². The number of amides is 1. The lowest BCUT2D eigenvalue weighted by Crippen LogP contribution is -2.34. The lowest BCUT2D eigenvalue weighted by molar-refractivity contribution is -0.118. The van der Waals surface area contributed by atoms with Crippen LogP contribution < -0.4 is 5.32 Å². The van der Waals surface area contributed by atoms with Gasteiger partial charge in [0.05, 0.1) is 5.75 Å². The molecule has 2 heterocycles. The summed E-state index contributed by atoms with van der Waals surface area (Å²) in [7, 11) is 0. The van der Waals surface area contributed by atoms with Crippen LogP contribution in [0.4, 0.5) is 0 Å². The van der Waals surface area contributed by atoms with Gasteiger partial charge in [-0.1, -0.05) is 47.7 Å². The molecular formula is C22H28N4OS. The van der Waals surface area contributed by atoms with Gasteiger partial charge < -0.3 is 5.32 Å². The first-order chi connectivity index (χ1) is 13.5. The van der Waals surface area contributed by atoms with Crippen LogP contribution in [0.25, 0.3) is 11.4 Å². The van der Waals surface area contributed by atoms with Gasteiger partial charge in [0, 0.05) is 17.6 Å². The molecule has 0 bridgehead atoms. The maximum Gasteiger partial charge on any atom is 0.230 e. The minimum Gasteiger partial charge on any atom is -0.355 e. The predicted molar refractivity (Wildman–Crippen MR) is 113 cm³/mol. The first-order valence-corrected chi connectivity index (χ1v) is 11.1. The Kier molecular flexibility index (Phi) is 5.58. The summed E-state index contributed by atoms with van der Waals surface area (Å²) in [5.41, 5.74) is 3.83. The summed E-state index contributed by atoms with van der Waals surface area (Å²) in [5, 5.41) is 12.7. The highest BCUT2D eigenvalue weighted by Crippen LogP contribution is 2.39. The molecule has 6 heteroatoms. The quantitative estimate of drug-likeness (QED) is 0.583. The number of allylic oxidation sites excluding steroid dienone is 1. The van der Waals surface area contributed by atoms with Gasteiger partial charge in [0.2, 0.25) is 5.91 Å². The number of fused-ring (bicyclic) bond motifs is 3. The third-order valence-corrected chi connectivity index (χ3v) is 6.53. The maximum absolute atomic E-state index is 12.3. The number of nitrogens with zero attached hydrogens (tertiary/aromatic N) is 3. The summed E-state index contributed by atoms with van der Waals surface area (Å²) < 4.78 is 2.19. The molecule has 5 nitrogen and oxygen atoms in total. The zero-order valence-electron chi connectivity index (χ0n) is 16.7. The summed E-state index contributed by atoms with van der Waals surface area (Å²) in [6.07, 6.45) is 9.21. The zero-order chi connectivity index (χ0) is 19.6. The van der Waals surface area contributed by atoms with E-state index in [4.69, 9.17) is 0 Å². The maximum atomic E-state index is 12.3. The Hall–Kier alpha value is -2.08. The third kappa shape index (κ3) is 4.02. The molecule has 0 fully saturated rings. The van der Waals surface area contributed by atoms with Crippen molar-refractivity contribution in [3.63, 3.8) is 0 Å². The molecule has 1 amide bonds. The minimum atomic E-state index is -0.112. The van der Waals surface area contributed by atoms with Crippen molar-refractivity contribution in [2.24, 2.45) is 0 Å². The second-order valence-electron chi connectivity index (χ2n) is 8.28. The number of hydrogen-bond donors (Lipinski definition) is 1. The van der Waals surface area contributed by atoms with Crippen molar-refractivity contribution in [3.05, 3.63) is 41.5 Å². The van der Waals surface area contributed by atoms with Crippen molar-refractivity contribution in [3.8, 4) is 11.4 Å². The number of carbonyl (C=O) groups is 1. The summed E-state index contributed by atoms with van der Waals surface area (Å²) in [6.45, 7) is 5.14.